The van der Waals surface area contributed by atoms with Crippen LogP contribution in [-0.4, -0.2) is 62.5 Å². The maximum atomic E-state index is 11.9. The number of carbonyl (C=O) groups is 2. The van der Waals surface area contributed by atoms with E-state index in [1.807, 2.05) is 0 Å². The minimum Gasteiger partial charge on any atom is -0.379 e. The number of anilines is 1. The first-order chi connectivity index (χ1) is 11.1. The zero-order valence-electron chi connectivity index (χ0n) is 13.6. The number of amides is 1. The molecule has 0 aliphatic carbocycles. The second-order valence-corrected chi connectivity index (χ2v) is 5.64. The van der Waals surface area contributed by atoms with Crippen LogP contribution < -0.4 is 10.6 Å². The fourth-order valence-corrected chi connectivity index (χ4v) is 2.43. The summed E-state index contributed by atoms with van der Waals surface area (Å²) in [5.74, 6) is -0.0598. The molecule has 23 heavy (non-hydrogen) atoms. The Morgan fingerprint density at radius 1 is 1.22 bits per heavy atom. The predicted molar refractivity (Wildman–Crippen MR) is 89.8 cm³/mol. The third kappa shape index (κ3) is 6.48. The number of hydrogen-bond acceptors (Lipinski definition) is 5. The Morgan fingerprint density at radius 3 is 2.74 bits per heavy atom. The molecular weight excluding hydrogens is 294 g/mol. The second-order valence-electron chi connectivity index (χ2n) is 5.64. The van der Waals surface area contributed by atoms with Crippen LogP contribution in [0.1, 0.15) is 23.7 Å². The Balaban J connectivity index is 1.61. The molecule has 126 valence electrons. The molecule has 0 radical (unpaired) electrons. The van der Waals surface area contributed by atoms with Crippen molar-refractivity contribution < 1.29 is 14.3 Å². The number of Topliss-reactive ketones (excluding diaryl/α,β-unsaturated/α-hetero) is 1. The highest BCUT2D eigenvalue weighted by Crippen LogP contribution is 2.11. The van der Waals surface area contributed by atoms with Gasteiger partial charge in [-0.2, -0.15) is 0 Å². The molecule has 2 rings (SSSR count). The van der Waals surface area contributed by atoms with E-state index in [4.69, 9.17) is 4.74 Å². The number of ketones is 1. The molecule has 0 spiro atoms. The summed E-state index contributed by atoms with van der Waals surface area (Å²) in [5, 5.41) is 6.10. The van der Waals surface area contributed by atoms with Gasteiger partial charge in [0.25, 0.3) is 0 Å². The van der Waals surface area contributed by atoms with E-state index in [1.54, 1.807) is 24.3 Å². The highest BCUT2D eigenvalue weighted by atomic mass is 16.5. The van der Waals surface area contributed by atoms with Crippen LogP contribution in [0.25, 0.3) is 0 Å². The van der Waals surface area contributed by atoms with E-state index in [9.17, 15) is 9.59 Å². The van der Waals surface area contributed by atoms with Gasteiger partial charge in [-0.3, -0.25) is 14.5 Å². The van der Waals surface area contributed by atoms with Crippen LogP contribution in [0, 0.1) is 0 Å². The molecule has 2 N–H and O–H groups in total. The number of nitrogens with zero attached hydrogens (tertiary/aromatic N) is 1. The number of morpholine rings is 1. The van der Waals surface area contributed by atoms with Gasteiger partial charge < -0.3 is 15.4 Å². The van der Waals surface area contributed by atoms with Gasteiger partial charge in [0.05, 0.1) is 13.2 Å². The monoisotopic (exact) mass is 319 g/mol. The molecule has 6 heteroatoms. The molecule has 0 bridgehead atoms. The molecule has 1 aliphatic rings. The topological polar surface area (TPSA) is 70.7 Å². The van der Waals surface area contributed by atoms with Gasteiger partial charge in [0.15, 0.2) is 5.78 Å². The van der Waals surface area contributed by atoms with Gasteiger partial charge in [-0.1, -0.05) is 12.1 Å². The molecule has 1 heterocycles. The van der Waals surface area contributed by atoms with Crippen LogP contribution >= 0.6 is 0 Å². The van der Waals surface area contributed by atoms with Crippen molar-refractivity contribution >= 4 is 17.4 Å². The molecule has 1 fully saturated rings. The number of carbonyl (C=O) groups excluding carboxylic acids is 2. The summed E-state index contributed by atoms with van der Waals surface area (Å²) in [4.78, 5) is 25.6. The molecule has 0 unspecified atom stereocenters. The number of hydrogen-bond donors (Lipinski definition) is 2. The molecule has 0 aromatic heterocycles. The van der Waals surface area contributed by atoms with E-state index < -0.39 is 0 Å². The summed E-state index contributed by atoms with van der Waals surface area (Å²) in [7, 11) is 0. The number of ether oxygens (including phenoxy) is 1. The van der Waals surface area contributed by atoms with Crippen molar-refractivity contribution in [2.24, 2.45) is 0 Å². The Kier molecular flexibility index (Phi) is 7.19. The molecule has 1 saturated heterocycles. The van der Waals surface area contributed by atoms with Gasteiger partial charge in [0, 0.05) is 50.4 Å². The zero-order valence-corrected chi connectivity index (χ0v) is 13.6. The van der Waals surface area contributed by atoms with Crippen LogP contribution in [0.2, 0.25) is 0 Å². The molecule has 0 atom stereocenters. The van der Waals surface area contributed by atoms with E-state index in [0.29, 0.717) is 24.2 Å². The smallest absolute Gasteiger partial charge is 0.225 e. The first-order valence-electron chi connectivity index (χ1n) is 8.07. The SMILES string of the molecule is CC(=O)c1cccc(NC(=O)CCNCCN2CCOCC2)c1. The van der Waals surface area contributed by atoms with E-state index in [0.717, 1.165) is 39.4 Å². The molecule has 1 amide bonds. The Labute approximate surface area is 137 Å². The van der Waals surface area contributed by atoms with E-state index in [-0.39, 0.29) is 11.7 Å². The van der Waals surface area contributed by atoms with Crippen molar-refractivity contribution in [2.45, 2.75) is 13.3 Å². The summed E-state index contributed by atoms with van der Waals surface area (Å²) in [5.41, 5.74) is 1.27. The third-order valence-corrected chi connectivity index (χ3v) is 3.79. The minimum atomic E-state index is -0.0513. The number of benzene rings is 1. The molecule has 1 aliphatic heterocycles. The van der Waals surface area contributed by atoms with E-state index in [2.05, 4.69) is 15.5 Å². The molecule has 1 aromatic rings. The van der Waals surface area contributed by atoms with Crippen LogP contribution in [0.3, 0.4) is 0 Å². The summed E-state index contributed by atoms with van der Waals surface area (Å²) in [6, 6.07) is 7.00. The van der Waals surface area contributed by atoms with Gasteiger partial charge in [-0.25, -0.2) is 0 Å². The maximum Gasteiger partial charge on any atom is 0.225 e. The Bertz CT molecular complexity index is 528. The van der Waals surface area contributed by atoms with Crippen LogP contribution in [-0.2, 0) is 9.53 Å². The third-order valence-electron chi connectivity index (χ3n) is 3.79. The molecule has 6 nitrogen and oxygen atoms in total. The van der Waals surface area contributed by atoms with Gasteiger partial charge in [-0.05, 0) is 19.1 Å². The van der Waals surface area contributed by atoms with E-state index >= 15 is 0 Å². The summed E-state index contributed by atoms with van der Waals surface area (Å²) < 4.78 is 5.30. The average Bonchev–Trinajstić information content (AvgIpc) is 2.55. The highest BCUT2D eigenvalue weighted by molar-refractivity contribution is 5.97. The number of rotatable bonds is 8. The first kappa shape index (κ1) is 17.6. The molecule has 1 aromatic carbocycles. The average molecular weight is 319 g/mol. The lowest BCUT2D eigenvalue weighted by Crippen LogP contribution is -2.40. The summed E-state index contributed by atoms with van der Waals surface area (Å²) in [6.45, 7) is 7.58. The largest absolute Gasteiger partial charge is 0.379 e. The van der Waals surface area contributed by atoms with Crippen molar-refractivity contribution in [3.8, 4) is 0 Å². The lowest BCUT2D eigenvalue weighted by atomic mass is 10.1. The van der Waals surface area contributed by atoms with Gasteiger partial charge >= 0.3 is 0 Å². The lowest BCUT2D eigenvalue weighted by Gasteiger charge is -2.26. The zero-order chi connectivity index (χ0) is 16.5. The van der Waals surface area contributed by atoms with Crippen LogP contribution in [0.4, 0.5) is 5.69 Å². The Hall–Kier alpha value is -1.76. The number of nitrogens with one attached hydrogen (secondary N) is 2. The van der Waals surface area contributed by atoms with Crippen molar-refractivity contribution in [1.82, 2.24) is 10.2 Å². The van der Waals surface area contributed by atoms with Crippen molar-refractivity contribution in [3.63, 3.8) is 0 Å². The fraction of sp³-hybridized carbons (Fsp3) is 0.529. The predicted octanol–water partition coefficient (Wildman–Crippen LogP) is 1.14. The summed E-state index contributed by atoms with van der Waals surface area (Å²) >= 11 is 0. The second kappa shape index (κ2) is 9.39. The van der Waals surface area contributed by atoms with E-state index in [1.165, 1.54) is 6.92 Å². The van der Waals surface area contributed by atoms with Crippen LogP contribution in [0.15, 0.2) is 24.3 Å². The van der Waals surface area contributed by atoms with Crippen LogP contribution in [0.5, 0.6) is 0 Å². The maximum absolute atomic E-state index is 11.9. The fourth-order valence-electron chi connectivity index (χ4n) is 2.43. The Morgan fingerprint density at radius 2 is 2.00 bits per heavy atom. The van der Waals surface area contributed by atoms with Crippen molar-refractivity contribution in [1.29, 1.82) is 0 Å². The lowest BCUT2D eigenvalue weighted by molar-refractivity contribution is -0.116. The molecular formula is C17H25N3O3. The standard InChI is InChI=1S/C17H25N3O3/c1-14(21)15-3-2-4-16(13-15)19-17(22)5-6-18-7-8-20-9-11-23-12-10-20/h2-4,13,18H,5-12H2,1H3,(H,19,22). The van der Waals surface area contributed by atoms with Gasteiger partial charge in [0.2, 0.25) is 5.91 Å². The highest BCUT2D eigenvalue weighted by Gasteiger charge is 2.09. The summed E-state index contributed by atoms with van der Waals surface area (Å²) in [6.07, 6.45) is 0.410. The first-order valence-corrected chi connectivity index (χ1v) is 8.07. The quantitative estimate of drug-likeness (QED) is 0.555. The minimum absolute atomic E-state index is 0.00845. The van der Waals surface area contributed by atoms with Crippen molar-refractivity contribution in [3.05, 3.63) is 29.8 Å². The molecule has 0 saturated carbocycles. The van der Waals surface area contributed by atoms with Gasteiger partial charge in [0.1, 0.15) is 0 Å². The normalized spacial score (nSPS) is 15.3. The van der Waals surface area contributed by atoms with Crippen molar-refractivity contribution in [2.75, 3.05) is 51.3 Å². The van der Waals surface area contributed by atoms with Gasteiger partial charge in [-0.15, -0.1) is 0 Å².